The van der Waals surface area contributed by atoms with E-state index in [0.717, 1.165) is 16.4 Å². The Kier molecular flexibility index (Phi) is 3.83. The maximum atomic E-state index is 12.4. The number of hydrogen-bond acceptors (Lipinski definition) is 2. The summed E-state index contributed by atoms with van der Waals surface area (Å²) >= 11 is 0. The van der Waals surface area contributed by atoms with Gasteiger partial charge in [-0.2, -0.15) is 0 Å². The maximum Gasteiger partial charge on any atom is 0.303 e. The lowest BCUT2D eigenvalue weighted by molar-refractivity contribution is -0.137. The Labute approximate surface area is 127 Å². The van der Waals surface area contributed by atoms with Crippen molar-refractivity contribution in [1.29, 1.82) is 0 Å². The Morgan fingerprint density at radius 2 is 1.73 bits per heavy atom. The molecule has 0 fully saturated rings. The summed E-state index contributed by atoms with van der Waals surface area (Å²) in [6.45, 7) is 0. The van der Waals surface area contributed by atoms with Crippen LogP contribution in [0.3, 0.4) is 0 Å². The molecule has 1 heterocycles. The summed E-state index contributed by atoms with van der Waals surface area (Å²) in [6, 6.07) is 17.1. The number of carboxylic acid groups (broad SMARTS) is 1. The Bertz CT molecular complexity index is 840. The Balaban J connectivity index is 2.21. The zero-order valence-electron chi connectivity index (χ0n) is 11.9. The van der Waals surface area contributed by atoms with Gasteiger partial charge in [-0.1, -0.05) is 48.5 Å². The van der Waals surface area contributed by atoms with Crippen LogP contribution in [0.5, 0.6) is 0 Å². The molecule has 22 heavy (non-hydrogen) atoms. The number of benzene rings is 2. The second kappa shape index (κ2) is 5.93. The largest absolute Gasteiger partial charge is 0.481 e. The van der Waals surface area contributed by atoms with E-state index in [1.165, 1.54) is 0 Å². The quantitative estimate of drug-likeness (QED) is 0.929. The predicted molar refractivity (Wildman–Crippen MR) is 81.5 cm³/mol. The monoisotopic (exact) mass is 293 g/mol. The molecule has 4 nitrogen and oxygen atoms in total. The number of carboxylic acids is 1. The normalized spacial score (nSPS) is 16.8. The molecule has 110 valence electrons. The SMILES string of the molecule is O=C(O)CCC1C(=O)N=c2ccccc2=C1c1ccccc1. The summed E-state index contributed by atoms with van der Waals surface area (Å²) in [6.07, 6.45) is 0.209. The molecule has 1 amide bonds. The van der Waals surface area contributed by atoms with Crippen molar-refractivity contribution in [3.8, 4) is 0 Å². The number of hydrogen-bond donors (Lipinski definition) is 1. The second-order valence-electron chi connectivity index (χ2n) is 5.23. The summed E-state index contributed by atoms with van der Waals surface area (Å²) in [7, 11) is 0. The van der Waals surface area contributed by atoms with E-state index in [2.05, 4.69) is 4.99 Å². The first-order valence-electron chi connectivity index (χ1n) is 7.16. The fourth-order valence-corrected chi connectivity index (χ4v) is 2.82. The number of amides is 1. The van der Waals surface area contributed by atoms with Gasteiger partial charge in [-0.05, 0) is 23.6 Å². The van der Waals surface area contributed by atoms with E-state index in [9.17, 15) is 9.59 Å². The van der Waals surface area contributed by atoms with Crippen LogP contribution in [-0.4, -0.2) is 17.0 Å². The molecule has 1 aliphatic heterocycles. The summed E-state index contributed by atoms with van der Waals surface area (Å²) in [5.74, 6) is -1.67. The molecule has 2 aromatic rings. The van der Waals surface area contributed by atoms with E-state index in [4.69, 9.17) is 5.11 Å². The molecular formula is C18H15NO3. The third kappa shape index (κ3) is 2.68. The van der Waals surface area contributed by atoms with Crippen LogP contribution in [0.4, 0.5) is 0 Å². The number of aliphatic carboxylic acids is 1. The van der Waals surface area contributed by atoms with Crippen LogP contribution in [0.2, 0.25) is 0 Å². The average molecular weight is 293 g/mol. The van der Waals surface area contributed by atoms with Crippen molar-refractivity contribution in [3.05, 3.63) is 70.7 Å². The standard InChI is InChI=1S/C18H15NO3/c20-16(21)11-10-14-17(12-6-2-1-3-7-12)13-8-4-5-9-15(13)19-18(14)22/h1-9,14H,10-11H2,(H,20,21). The third-order valence-electron chi connectivity index (χ3n) is 3.80. The van der Waals surface area contributed by atoms with Crippen LogP contribution in [0.1, 0.15) is 18.4 Å². The third-order valence-corrected chi connectivity index (χ3v) is 3.80. The smallest absolute Gasteiger partial charge is 0.303 e. The van der Waals surface area contributed by atoms with Gasteiger partial charge in [0.2, 0.25) is 0 Å². The fourth-order valence-electron chi connectivity index (χ4n) is 2.82. The van der Waals surface area contributed by atoms with Crippen LogP contribution < -0.4 is 10.6 Å². The van der Waals surface area contributed by atoms with Crippen molar-refractivity contribution >= 4 is 17.4 Å². The molecule has 0 spiro atoms. The minimum absolute atomic E-state index is 0.0512. The highest BCUT2D eigenvalue weighted by molar-refractivity contribution is 5.94. The Morgan fingerprint density at radius 3 is 2.45 bits per heavy atom. The highest BCUT2D eigenvalue weighted by Gasteiger charge is 2.27. The molecule has 1 atom stereocenters. The van der Waals surface area contributed by atoms with Crippen molar-refractivity contribution in [2.45, 2.75) is 12.8 Å². The van der Waals surface area contributed by atoms with Crippen LogP contribution >= 0.6 is 0 Å². The van der Waals surface area contributed by atoms with Gasteiger partial charge in [-0.15, -0.1) is 0 Å². The van der Waals surface area contributed by atoms with Gasteiger partial charge < -0.3 is 5.11 Å². The number of para-hydroxylation sites is 1. The molecule has 0 saturated heterocycles. The van der Waals surface area contributed by atoms with Crippen LogP contribution in [0.25, 0.3) is 5.57 Å². The molecule has 1 unspecified atom stereocenters. The van der Waals surface area contributed by atoms with E-state index >= 15 is 0 Å². The number of carbonyl (C=O) groups is 2. The average Bonchev–Trinajstić information content (AvgIpc) is 2.53. The fraction of sp³-hybridized carbons (Fsp3) is 0.167. The molecule has 0 saturated carbocycles. The van der Waals surface area contributed by atoms with E-state index in [0.29, 0.717) is 5.36 Å². The zero-order valence-corrected chi connectivity index (χ0v) is 11.9. The van der Waals surface area contributed by atoms with Crippen LogP contribution in [-0.2, 0) is 9.59 Å². The van der Waals surface area contributed by atoms with Gasteiger partial charge in [0, 0.05) is 11.6 Å². The molecule has 2 aromatic carbocycles. The van der Waals surface area contributed by atoms with E-state index in [1.807, 2.05) is 54.6 Å². The number of fused-ring (bicyclic) bond motifs is 1. The lowest BCUT2D eigenvalue weighted by Gasteiger charge is -2.20. The van der Waals surface area contributed by atoms with Gasteiger partial charge in [0.15, 0.2) is 0 Å². The summed E-state index contributed by atoms with van der Waals surface area (Å²) in [5, 5.41) is 10.5. The Hall–Kier alpha value is -2.75. The maximum absolute atomic E-state index is 12.4. The summed E-state index contributed by atoms with van der Waals surface area (Å²) in [5.41, 5.74) is 1.81. The lowest BCUT2D eigenvalue weighted by Crippen LogP contribution is -2.38. The number of nitrogens with zero attached hydrogens (tertiary/aromatic N) is 1. The molecule has 0 bridgehead atoms. The van der Waals surface area contributed by atoms with E-state index in [-0.39, 0.29) is 18.7 Å². The first-order chi connectivity index (χ1) is 10.7. The molecule has 0 radical (unpaired) electrons. The van der Waals surface area contributed by atoms with Gasteiger partial charge in [-0.3, -0.25) is 9.59 Å². The highest BCUT2D eigenvalue weighted by atomic mass is 16.4. The second-order valence-corrected chi connectivity index (χ2v) is 5.23. The zero-order chi connectivity index (χ0) is 15.5. The molecule has 4 heteroatoms. The van der Waals surface area contributed by atoms with Gasteiger partial charge >= 0.3 is 5.97 Å². The van der Waals surface area contributed by atoms with Gasteiger partial charge in [-0.25, -0.2) is 4.99 Å². The van der Waals surface area contributed by atoms with Crippen molar-refractivity contribution < 1.29 is 14.7 Å². The van der Waals surface area contributed by atoms with Gasteiger partial charge in [0.25, 0.3) is 5.91 Å². The topological polar surface area (TPSA) is 66.7 Å². The van der Waals surface area contributed by atoms with Gasteiger partial charge in [0.05, 0.1) is 11.3 Å². The van der Waals surface area contributed by atoms with E-state index < -0.39 is 11.9 Å². The molecular weight excluding hydrogens is 278 g/mol. The molecule has 1 aliphatic rings. The molecule has 0 aromatic heterocycles. The highest BCUT2D eigenvalue weighted by Crippen LogP contribution is 2.27. The van der Waals surface area contributed by atoms with Gasteiger partial charge in [0.1, 0.15) is 0 Å². The predicted octanol–water partition coefficient (Wildman–Crippen LogP) is 1.53. The Morgan fingerprint density at radius 1 is 1.05 bits per heavy atom. The lowest BCUT2D eigenvalue weighted by atomic mass is 9.85. The number of carbonyl (C=O) groups excluding carboxylic acids is 1. The summed E-state index contributed by atoms with van der Waals surface area (Å²) < 4.78 is 0. The summed E-state index contributed by atoms with van der Waals surface area (Å²) in [4.78, 5) is 27.4. The number of rotatable bonds is 4. The van der Waals surface area contributed by atoms with Crippen molar-refractivity contribution in [1.82, 2.24) is 0 Å². The first-order valence-corrected chi connectivity index (χ1v) is 7.16. The van der Waals surface area contributed by atoms with Crippen LogP contribution in [0, 0.1) is 5.92 Å². The van der Waals surface area contributed by atoms with Crippen molar-refractivity contribution in [2.24, 2.45) is 10.9 Å². The minimum Gasteiger partial charge on any atom is -0.481 e. The first kappa shape index (κ1) is 14.2. The van der Waals surface area contributed by atoms with Crippen molar-refractivity contribution in [3.63, 3.8) is 0 Å². The molecule has 1 N–H and O–H groups in total. The van der Waals surface area contributed by atoms with E-state index in [1.54, 1.807) is 0 Å². The van der Waals surface area contributed by atoms with Crippen LogP contribution in [0.15, 0.2) is 59.6 Å². The van der Waals surface area contributed by atoms with Crippen molar-refractivity contribution in [2.75, 3.05) is 0 Å². The minimum atomic E-state index is -0.904. The molecule has 3 rings (SSSR count). The molecule has 0 aliphatic carbocycles.